The first-order valence-electron chi connectivity index (χ1n) is 4.59. The minimum absolute atomic E-state index is 0.573. The Bertz CT molecular complexity index is 299. The van der Waals surface area contributed by atoms with Crippen LogP contribution in [0.25, 0.3) is 0 Å². The number of anilines is 2. The topological polar surface area (TPSA) is 29.3 Å². The molecule has 4 heteroatoms. The van der Waals surface area contributed by atoms with Gasteiger partial charge < -0.3 is 10.6 Å². The van der Waals surface area contributed by atoms with Crippen molar-refractivity contribution in [2.24, 2.45) is 0 Å². The summed E-state index contributed by atoms with van der Waals surface area (Å²) in [7, 11) is 0. The Morgan fingerprint density at radius 2 is 1.79 bits per heavy atom. The summed E-state index contributed by atoms with van der Waals surface area (Å²) < 4.78 is 0. The molecule has 0 atom stereocenters. The summed E-state index contributed by atoms with van der Waals surface area (Å²) in [6.07, 6.45) is 0. The molecule has 0 bridgehead atoms. The molecule has 1 rings (SSSR count). The van der Waals surface area contributed by atoms with Crippen molar-refractivity contribution in [2.75, 3.05) is 23.7 Å². The maximum Gasteiger partial charge on any atom is 0.0790 e. The molecule has 0 saturated heterocycles. The van der Waals surface area contributed by atoms with Gasteiger partial charge in [-0.05, 0) is 26.0 Å². The second-order valence-corrected chi connectivity index (χ2v) is 3.84. The van der Waals surface area contributed by atoms with Crippen LogP contribution >= 0.6 is 23.2 Å². The fraction of sp³-hybridized carbons (Fsp3) is 0.400. The van der Waals surface area contributed by atoms with Crippen molar-refractivity contribution in [3.63, 3.8) is 0 Å². The van der Waals surface area contributed by atoms with Crippen LogP contribution in [0.3, 0.4) is 0 Å². The number of rotatable bonds is 3. The Morgan fingerprint density at radius 1 is 1.21 bits per heavy atom. The molecule has 0 spiro atoms. The third-order valence-corrected chi connectivity index (χ3v) is 2.64. The maximum absolute atomic E-state index is 6.08. The highest BCUT2D eigenvalue weighted by atomic mass is 35.5. The van der Waals surface area contributed by atoms with Crippen LogP contribution in [-0.2, 0) is 0 Å². The van der Waals surface area contributed by atoms with Crippen LogP contribution in [0.2, 0.25) is 10.0 Å². The van der Waals surface area contributed by atoms with Crippen LogP contribution in [0.4, 0.5) is 11.4 Å². The zero-order valence-corrected chi connectivity index (χ0v) is 9.86. The molecule has 0 unspecified atom stereocenters. The Labute approximate surface area is 94.6 Å². The number of nitrogens with two attached hydrogens (primary N) is 1. The van der Waals surface area contributed by atoms with Crippen molar-refractivity contribution >= 4 is 34.6 Å². The summed E-state index contributed by atoms with van der Waals surface area (Å²) >= 11 is 11.9. The summed E-state index contributed by atoms with van der Waals surface area (Å²) in [4.78, 5) is 2.11. The van der Waals surface area contributed by atoms with Gasteiger partial charge in [0.1, 0.15) is 0 Å². The van der Waals surface area contributed by atoms with E-state index in [4.69, 9.17) is 28.9 Å². The second kappa shape index (κ2) is 4.76. The third-order valence-electron chi connectivity index (χ3n) is 2.14. The van der Waals surface area contributed by atoms with Crippen LogP contribution in [0.1, 0.15) is 13.8 Å². The molecule has 0 aliphatic carbocycles. The van der Waals surface area contributed by atoms with Gasteiger partial charge in [0.25, 0.3) is 0 Å². The van der Waals surface area contributed by atoms with Crippen LogP contribution < -0.4 is 10.6 Å². The molecule has 0 fully saturated rings. The highest BCUT2D eigenvalue weighted by Gasteiger charge is 2.11. The van der Waals surface area contributed by atoms with E-state index in [1.54, 1.807) is 12.1 Å². The molecule has 1 aromatic rings. The first-order chi connectivity index (χ1) is 6.60. The predicted molar refractivity (Wildman–Crippen MR) is 64.4 cm³/mol. The monoisotopic (exact) mass is 232 g/mol. The summed E-state index contributed by atoms with van der Waals surface area (Å²) in [5.74, 6) is 0. The van der Waals surface area contributed by atoms with Gasteiger partial charge in [0.15, 0.2) is 0 Å². The third kappa shape index (κ3) is 2.25. The zero-order valence-electron chi connectivity index (χ0n) is 8.35. The lowest BCUT2D eigenvalue weighted by molar-refractivity contribution is 0.868. The van der Waals surface area contributed by atoms with E-state index in [9.17, 15) is 0 Å². The smallest absolute Gasteiger partial charge is 0.0790 e. The zero-order chi connectivity index (χ0) is 10.7. The van der Waals surface area contributed by atoms with Crippen molar-refractivity contribution in [3.05, 3.63) is 22.2 Å². The highest BCUT2D eigenvalue weighted by Crippen LogP contribution is 2.34. The van der Waals surface area contributed by atoms with Gasteiger partial charge in [-0.25, -0.2) is 0 Å². The van der Waals surface area contributed by atoms with E-state index < -0.39 is 0 Å². The molecule has 0 aliphatic heterocycles. The van der Waals surface area contributed by atoms with Crippen LogP contribution in [-0.4, -0.2) is 13.1 Å². The molecule has 2 N–H and O–H groups in total. The van der Waals surface area contributed by atoms with Crippen molar-refractivity contribution in [1.29, 1.82) is 0 Å². The van der Waals surface area contributed by atoms with E-state index in [1.807, 2.05) is 0 Å². The Kier molecular flexibility index (Phi) is 3.90. The highest BCUT2D eigenvalue weighted by molar-refractivity contribution is 6.37. The van der Waals surface area contributed by atoms with Gasteiger partial charge in [-0.3, -0.25) is 0 Å². The average Bonchev–Trinajstić information content (AvgIpc) is 2.10. The number of hydrogen-bond acceptors (Lipinski definition) is 2. The lowest BCUT2D eigenvalue weighted by Gasteiger charge is -2.24. The van der Waals surface area contributed by atoms with Crippen molar-refractivity contribution < 1.29 is 0 Å². The largest absolute Gasteiger partial charge is 0.397 e. The van der Waals surface area contributed by atoms with E-state index >= 15 is 0 Å². The van der Waals surface area contributed by atoms with E-state index in [-0.39, 0.29) is 0 Å². The molecular weight excluding hydrogens is 219 g/mol. The molecule has 1 aromatic carbocycles. The number of benzene rings is 1. The Hall–Kier alpha value is -0.600. The Balaban J connectivity index is 3.19. The summed E-state index contributed by atoms with van der Waals surface area (Å²) in [5.41, 5.74) is 7.37. The number of hydrogen-bond donors (Lipinski definition) is 1. The molecule has 78 valence electrons. The fourth-order valence-corrected chi connectivity index (χ4v) is 2.09. The fourth-order valence-electron chi connectivity index (χ4n) is 1.46. The van der Waals surface area contributed by atoms with Crippen LogP contribution in [0, 0.1) is 0 Å². The van der Waals surface area contributed by atoms with Crippen molar-refractivity contribution in [2.45, 2.75) is 13.8 Å². The normalized spacial score (nSPS) is 10.3. The number of halogens is 2. The van der Waals surface area contributed by atoms with E-state index in [1.165, 1.54) is 0 Å². The molecule has 14 heavy (non-hydrogen) atoms. The van der Waals surface area contributed by atoms with Crippen LogP contribution in [0.15, 0.2) is 12.1 Å². The molecule has 0 radical (unpaired) electrons. The van der Waals surface area contributed by atoms with E-state index in [0.717, 1.165) is 18.8 Å². The molecule has 0 amide bonds. The number of nitrogen functional groups attached to an aromatic ring is 1. The SMILES string of the molecule is CCN(CC)c1c(N)cc(Cl)cc1Cl. The van der Waals surface area contributed by atoms with Gasteiger partial charge in [0.05, 0.1) is 16.4 Å². The molecular formula is C10H14Cl2N2. The summed E-state index contributed by atoms with van der Waals surface area (Å²) in [6.45, 7) is 5.88. The molecule has 0 aromatic heterocycles. The van der Waals surface area contributed by atoms with Gasteiger partial charge in [0, 0.05) is 18.1 Å². The second-order valence-electron chi connectivity index (χ2n) is 3.00. The molecule has 2 nitrogen and oxygen atoms in total. The van der Waals surface area contributed by atoms with E-state index in [0.29, 0.717) is 15.7 Å². The summed E-state index contributed by atoms with van der Waals surface area (Å²) in [6, 6.07) is 3.44. The molecule has 0 aliphatic rings. The minimum Gasteiger partial charge on any atom is -0.397 e. The standard InChI is InChI=1S/C10H14Cl2N2/c1-3-14(4-2)10-8(12)5-7(11)6-9(10)13/h5-6H,3-4,13H2,1-2H3. The quantitative estimate of drug-likeness (QED) is 0.810. The first kappa shape index (κ1) is 11.5. The van der Waals surface area contributed by atoms with Crippen LogP contribution in [0.5, 0.6) is 0 Å². The van der Waals surface area contributed by atoms with Crippen molar-refractivity contribution in [1.82, 2.24) is 0 Å². The maximum atomic E-state index is 6.08. The number of nitrogens with zero attached hydrogens (tertiary/aromatic N) is 1. The first-order valence-corrected chi connectivity index (χ1v) is 5.35. The average molecular weight is 233 g/mol. The van der Waals surface area contributed by atoms with Gasteiger partial charge in [-0.2, -0.15) is 0 Å². The summed E-state index contributed by atoms with van der Waals surface area (Å²) in [5, 5.41) is 1.18. The van der Waals surface area contributed by atoms with Gasteiger partial charge in [-0.1, -0.05) is 23.2 Å². The van der Waals surface area contributed by atoms with E-state index in [2.05, 4.69) is 18.7 Å². The minimum atomic E-state index is 0.573. The lowest BCUT2D eigenvalue weighted by atomic mass is 10.2. The molecule has 0 heterocycles. The predicted octanol–water partition coefficient (Wildman–Crippen LogP) is 3.42. The molecule has 0 saturated carbocycles. The van der Waals surface area contributed by atoms with Crippen molar-refractivity contribution in [3.8, 4) is 0 Å². The van der Waals surface area contributed by atoms with Gasteiger partial charge in [0.2, 0.25) is 0 Å². The lowest BCUT2D eigenvalue weighted by Crippen LogP contribution is -2.23. The Morgan fingerprint density at radius 3 is 2.21 bits per heavy atom. The van der Waals surface area contributed by atoms with Gasteiger partial charge >= 0.3 is 0 Å². The van der Waals surface area contributed by atoms with Gasteiger partial charge in [-0.15, -0.1) is 0 Å².